The third-order valence-corrected chi connectivity index (χ3v) is 4.11. The van der Waals surface area contributed by atoms with E-state index in [4.69, 9.17) is 0 Å². The highest BCUT2D eigenvalue weighted by Gasteiger charge is 2.25. The van der Waals surface area contributed by atoms with Crippen LogP contribution in [0.4, 0.5) is 11.4 Å². The van der Waals surface area contributed by atoms with Gasteiger partial charge in [-0.3, -0.25) is 4.79 Å². The van der Waals surface area contributed by atoms with Crippen LogP contribution < -0.4 is 10.6 Å². The number of carbonyl (C=O) groups is 1. The topological polar surface area (TPSA) is 44.4 Å². The van der Waals surface area contributed by atoms with E-state index in [9.17, 15) is 4.79 Å². The Morgan fingerprint density at radius 1 is 1.13 bits per heavy atom. The van der Waals surface area contributed by atoms with E-state index in [1.165, 1.54) is 0 Å². The van der Waals surface area contributed by atoms with E-state index in [-0.39, 0.29) is 24.4 Å². The molecule has 1 unspecified atom stereocenters. The number of rotatable bonds is 4. The SMILES string of the molecule is CN(C(=O)c1ccccc1Nc1ccccc1)C1CCNC1.Cl. The molecule has 3 rings (SSSR count). The van der Waals surface area contributed by atoms with E-state index in [0.717, 1.165) is 30.9 Å². The standard InChI is InChI=1S/C18H21N3O.ClH/c1-21(15-11-12-19-13-15)18(22)16-9-5-6-10-17(16)20-14-7-3-2-4-8-14;/h2-10,15,19-20H,11-13H2,1H3;1H. The molecule has 0 aromatic heterocycles. The second-order valence-corrected chi connectivity index (χ2v) is 5.60. The molecule has 1 aliphatic rings. The van der Waals surface area contributed by atoms with Crippen molar-refractivity contribution >= 4 is 29.7 Å². The van der Waals surface area contributed by atoms with Crippen LogP contribution in [0.1, 0.15) is 16.8 Å². The Balaban J connectivity index is 0.00000192. The Morgan fingerprint density at radius 3 is 2.52 bits per heavy atom. The van der Waals surface area contributed by atoms with E-state index in [0.29, 0.717) is 5.56 Å². The summed E-state index contributed by atoms with van der Waals surface area (Å²) in [6, 6.07) is 17.9. The maximum atomic E-state index is 12.8. The van der Waals surface area contributed by atoms with Gasteiger partial charge < -0.3 is 15.5 Å². The average Bonchev–Trinajstić information content (AvgIpc) is 3.09. The highest BCUT2D eigenvalue weighted by atomic mass is 35.5. The van der Waals surface area contributed by atoms with Crippen molar-refractivity contribution < 1.29 is 4.79 Å². The number of anilines is 2. The second-order valence-electron chi connectivity index (χ2n) is 5.60. The summed E-state index contributed by atoms with van der Waals surface area (Å²) in [5.41, 5.74) is 2.53. The molecule has 1 amide bonds. The van der Waals surface area contributed by atoms with Gasteiger partial charge in [0, 0.05) is 25.3 Å². The number of halogens is 1. The van der Waals surface area contributed by atoms with Crippen LogP contribution in [0, 0.1) is 0 Å². The Bertz CT molecular complexity index is 642. The lowest BCUT2D eigenvalue weighted by atomic mass is 10.1. The molecule has 1 atom stereocenters. The molecule has 0 saturated carbocycles. The third kappa shape index (κ3) is 4.03. The number of hydrogen-bond acceptors (Lipinski definition) is 3. The molecule has 23 heavy (non-hydrogen) atoms. The fraction of sp³-hybridized carbons (Fsp3) is 0.278. The first-order valence-electron chi connectivity index (χ1n) is 7.64. The molecule has 122 valence electrons. The fourth-order valence-electron chi connectivity index (χ4n) is 2.78. The van der Waals surface area contributed by atoms with Gasteiger partial charge in [-0.2, -0.15) is 0 Å². The van der Waals surface area contributed by atoms with Crippen LogP contribution in [0.15, 0.2) is 54.6 Å². The Hall–Kier alpha value is -2.04. The van der Waals surface area contributed by atoms with Crippen molar-refractivity contribution in [3.63, 3.8) is 0 Å². The van der Waals surface area contributed by atoms with Crippen molar-refractivity contribution in [2.24, 2.45) is 0 Å². The van der Waals surface area contributed by atoms with Crippen LogP contribution in [0.5, 0.6) is 0 Å². The van der Waals surface area contributed by atoms with Gasteiger partial charge in [0.25, 0.3) is 5.91 Å². The van der Waals surface area contributed by atoms with Crippen LogP contribution in [0.25, 0.3) is 0 Å². The number of amides is 1. The number of para-hydroxylation sites is 2. The summed E-state index contributed by atoms with van der Waals surface area (Å²) >= 11 is 0. The number of carbonyl (C=O) groups excluding carboxylic acids is 1. The summed E-state index contributed by atoms with van der Waals surface area (Å²) in [4.78, 5) is 14.7. The maximum Gasteiger partial charge on any atom is 0.255 e. The van der Waals surface area contributed by atoms with Gasteiger partial charge in [-0.25, -0.2) is 0 Å². The lowest BCUT2D eigenvalue weighted by Crippen LogP contribution is -2.38. The molecule has 5 heteroatoms. The highest BCUT2D eigenvalue weighted by molar-refractivity contribution is 6.00. The Morgan fingerprint density at radius 2 is 1.83 bits per heavy atom. The predicted octanol–water partition coefficient (Wildman–Crippen LogP) is 3.29. The van der Waals surface area contributed by atoms with E-state index in [2.05, 4.69) is 10.6 Å². The largest absolute Gasteiger partial charge is 0.355 e. The van der Waals surface area contributed by atoms with Gasteiger partial charge in [-0.15, -0.1) is 12.4 Å². The maximum absolute atomic E-state index is 12.8. The normalized spacial score (nSPS) is 16.5. The zero-order valence-electron chi connectivity index (χ0n) is 13.2. The summed E-state index contributed by atoms with van der Waals surface area (Å²) in [7, 11) is 1.89. The fourth-order valence-corrected chi connectivity index (χ4v) is 2.78. The zero-order chi connectivity index (χ0) is 15.4. The lowest BCUT2D eigenvalue weighted by molar-refractivity contribution is 0.0745. The molecule has 1 fully saturated rings. The van der Waals surface area contributed by atoms with Crippen molar-refractivity contribution in [2.45, 2.75) is 12.5 Å². The van der Waals surface area contributed by atoms with Crippen molar-refractivity contribution in [3.05, 3.63) is 60.2 Å². The predicted molar refractivity (Wildman–Crippen MR) is 96.8 cm³/mol. The van der Waals surface area contributed by atoms with E-state index in [1.807, 2.05) is 66.5 Å². The summed E-state index contributed by atoms with van der Waals surface area (Å²) in [5, 5.41) is 6.64. The highest BCUT2D eigenvalue weighted by Crippen LogP contribution is 2.23. The lowest BCUT2D eigenvalue weighted by Gasteiger charge is -2.25. The number of hydrogen-bond donors (Lipinski definition) is 2. The van der Waals surface area contributed by atoms with E-state index < -0.39 is 0 Å². The quantitative estimate of drug-likeness (QED) is 0.903. The van der Waals surface area contributed by atoms with Crippen LogP contribution >= 0.6 is 12.4 Å². The molecular formula is C18H22ClN3O. The minimum atomic E-state index is 0. The molecule has 1 aliphatic heterocycles. The van der Waals surface area contributed by atoms with Crippen molar-refractivity contribution in [1.29, 1.82) is 0 Å². The molecular weight excluding hydrogens is 310 g/mol. The number of nitrogens with zero attached hydrogens (tertiary/aromatic N) is 1. The second kappa shape index (κ2) is 7.99. The minimum Gasteiger partial charge on any atom is -0.355 e. The monoisotopic (exact) mass is 331 g/mol. The van der Waals surface area contributed by atoms with Crippen LogP contribution in [-0.2, 0) is 0 Å². The van der Waals surface area contributed by atoms with Crippen LogP contribution in [-0.4, -0.2) is 37.0 Å². The molecule has 0 radical (unpaired) electrons. The number of benzene rings is 2. The van der Waals surface area contributed by atoms with Crippen molar-refractivity contribution in [3.8, 4) is 0 Å². The first-order chi connectivity index (χ1) is 10.8. The summed E-state index contributed by atoms with van der Waals surface area (Å²) in [6.45, 7) is 1.85. The molecule has 4 nitrogen and oxygen atoms in total. The Kier molecular flexibility index (Phi) is 6.02. The molecule has 0 spiro atoms. The summed E-state index contributed by atoms with van der Waals surface area (Å²) in [6.07, 6.45) is 1.01. The summed E-state index contributed by atoms with van der Waals surface area (Å²) < 4.78 is 0. The molecule has 1 heterocycles. The van der Waals surface area contributed by atoms with Crippen LogP contribution in [0.3, 0.4) is 0 Å². The van der Waals surface area contributed by atoms with Crippen molar-refractivity contribution in [2.75, 3.05) is 25.5 Å². The first kappa shape index (κ1) is 17.3. The van der Waals surface area contributed by atoms with Crippen molar-refractivity contribution in [1.82, 2.24) is 10.2 Å². The van der Waals surface area contributed by atoms with Gasteiger partial charge in [-0.05, 0) is 37.2 Å². The summed E-state index contributed by atoms with van der Waals surface area (Å²) in [5.74, 6) is 0.0627. The number of likely N-dealkylation sites (N-methyl/N-ethyl adjacent to an activating group) is 1. The molecule has 0 bridgehead atoms. The van der Waals surface area contributed by atoms with Gasteiger partial charge in [0.2, 0.25) is 0 Å². The van der Waals surface area contributed by atoms with E-state index in [1.54, 1.807) is 0 Å². The third-order valence-electron chi connectivity index (χ3n) is 4.11. The van der Waals surface area contributed by atoms with Crippen LogP contribution in [0.2, 0.25) is 0 Å². The Labute approximate surface area is 143 Å². The molecule has 2 aromatic carbocycles. The first-order valence-corrected chi connectivity index (χ1v) is 7.64. The molecule has 0 aliphatic carbocycles. The van der Waals surface area contributed by atoms with Gasteiger partial charge in [0.1, 0.15) is 0 Å². The number of nitrogens with one attached hydrogen (secondary N) is 2. The van der Waals surface area contributed by atoms with Gasteiger partial charge in [0.15, 0.2) is 0 Å². The van der Waals surface area contributed by atoms with E-state index >= 15 is 0 Å². The molecule has 1 saturated heterocycles. The zero-order valence-corrected chi connectivity index (χ0v) is 14.0. The molecule has 2 N–H and O–H groups in total. The van der Waals surface area contributed by atoms with Gasteiger partial charge in [-0.1, -0.05) is 30.3 Å². The smallest absolute Gasteiger partial charge is 0.255 e. The molecule has 2 aromatic rings. The van der Waals surface area contributed by atoms with Gasteiger partial charge >= 0.3 is 0 Å². The minimum absolute atomic E-state index is 0. The average molecular weight is 332 g/mol. The van der Waals surface area contributed by atoms with Gasteiger partial charge in [0.05, 0.1) is 11.3 Å².